The highest BCUT2D eigenvalue weighted by atomic mass is 16.3. The van der Waals surface area contributed by atoms with Crippen molar-refractivity contribution in [1.82, 2.24) is 4.90 Å². The van der Waals surface area contributed by atoms with Crippen LogP contribution in [0.2, 0.25) is 0 Å². The van der Waals surface area contributed by atoms with Gasteiger partial charge in [-0.05, 0) is 51.8 Å². The SMILES string of the molecule is Cc1ccc(C)c(C(=O)CN2CCCC(C)(O)C2)c1. The number of hydrogen-bond acceptors (Lipinski definition) is 3. The summed E-state index contributed by atoms with van der Waals surface area (Å²) >= 11 is 0. The van der Waals surface area contributed by atoms with E-state index < -0.39 is 5.60 Å². The Hall–Kier alpha value is -1.19. The second-order valence-corrected chi connectivity index (χ2v) is 6.05. The molecule has 0 aliphatic carbocycles. The fraction of sp³-hybridized carbons (Fsp3) is 0.562. The number of piperidine rings is 1. The maximum Gasteiger partial charge on any atom is 0.177 e. The summed E-state index contributed by atoms with van der Waals surface area (Å²) < 4.78 is 0. The zero-order chi connectivity index (χ0) is 14.0. The monoisotopic (exact) mass is 261 g/mol. The first kappa shape index (κ1) is 14.2. The maximum atomic E-state index is 12.4. The van der Waals surface area contributed by atoms with Crippen LogP contribution in [-0.2, 0) is 0 Å². The summed E-state index contributed by atoms with van der Waals surface area (Å²) in [7, 11) is 0. The second-order valence-electron chi connectivity index (χ2n) is 6.05. The number of carbonyl (C=O) groups is 1. The second kappa shape index (κ2) is 5.43. The lowest BCUT2D eigenvalue weighted by molar-refractivity contribution is -0.0133. The number of aryl methyl sites for hydroxylation is 2. The number of likely N-dealkylation sites (tertiary alicyclic amines) is 1. The van der Waals surface area contributed by atoms with Gasteiger partial charge < -0.3 is 5.11 Å². The quantitative estimate of drug-likeness (QED) is 0.849. The molecule has 1 atom stereocenters. The molecule has 0 saturated carbocycles. The molecule has 19 heavy (non-hydrogen) atoms. The lowest BCUT2D eigenvalue weighted by Gasteiger charge is -2.36. The molecule has 1 aromatic carbocycles. The van der Waals surface area contributed by atoms with Gasteiger partial charge in [-0.3, -0.25) is 9.69 Å². The van der Waals surface area contributed by atoms with Gasteiger partial charge in [0.15, 0.2) is 5.78 Å². The van der Waals surface area contributed by atoms with Crippen molar-refractivity contribution in [1.29, 1.82) is 0 Å². The van der Waals surface area contributed by atoms with Crippen LogP contribution in [0.5, 0.6) is 0 Å². The van der Waals surface area contributed by atoms with Gasteiger partial charge in [-0.2, -0.15) is 0 Å². The minimum atomic E-state index is -0.653. The molecule has 1 N–H and O–H groups in total. The van der Waals surface area contributed by atoms with Crippen molar-refractivity contribution >= 4 is 5.78 Å². The lowest BCUT2D eigenvalue weighted by atomic mass is 9.94. The molecule has 3 heteroatoms. The standard InChI is InChI=1S/C16H23NO2/c1-12-5-6-13(2)14(9-12)15(18)10-17-8-4-7-16(3,19)11-17/h5-6,9,19H,4,7-8,10-11H2,1-3H3. The zero-order valence-corrected chi connectivity index (χ0v) is 12.1. The van der Waals surface area contributed by atoms with E-state index in [1.165, 1.54) is 0 Å². The summed E-state index contributed by atoms with van der Waals surface area (Å²) in [6.07, 6.45) is 1.77. The van der Waals surface area contributed by atoms with Crippen LogP contribution < -0.4 is 0 Å². The van der Waals surface area contributed by atoms with Crippen LogP contribution in [0.4, 0.5) is 0 Å². The first-order chi connectivity index (χ1) is 8.87. The lowest BCUT2D eigenvalue weighted by Crippen LogP contribution is -2.47. The van der Waals surface area contributed by atoms with Gasteiger partial charge in [0.25, 0.3) is 0 Å². The Balaban J connectivity index is 2.06. The van der Waals surface area contributed by atoms with Crippen LogP contribution in [0.25, 0.3) is 0 Å². The van der Waals surface area contributed by atoms with Crippen LogP contribution in [0.3, 0.4) is 0 Å². The van der Waals surface area contributed by atoms with Gasteiger partial charge in [0.05, 0.1) is 12.1 Å². The summed E-state index contributed by atoms with van der Waals surface area (Å²) in [6.45, 7) is 7.71. The van der Waals surface area contributed by atoms with Crippen LogP contribution in [0, 0.1) is 13.8 Å². The van der Waals surface area contributed by atoms with E-state index in [1.807, 2.05) is 39.0 Å². The molecule has 1 unspecified atom stereocenters. The molecule has 1 heterocycles. The number of benzene rings is 1. The molecule has 1 aliphatic rings. The number of Topliss-reactive ketones (excluding diaryl/α,β-unsaturated/α-hetero) is 1. The van der Waals surface area contributed by atoms with Crippen molar-refractivity contribution in [3.8, 4) is 0 Å². The molecule has 0 bridgehead atoms. The molecular weight excluding hydrogens is 238 g/mol. The molecule has 3 nitrogen and oxygen atoms in total. The number of ketones is 1. The van der Waals surface area contributed by atoms with E-state index in [9.17, 15) is 9.90 Å². The summed E-state index contributed by atoms with van der Waals surface area (Å²) in [5.74, 6) is 0.152. The third-order valence-electron chi connectivity index (χ3n) is 3.81. The summed E-state index contributed by atoms with van der Waals surface area (Å²) in [5, 5.41) is 10.1. The first-order valence-electron chi connectivity index (χ1n) is 6.93. The van der Waals surface area contributed by atoms with Gasteiger partial charge in [0.1, 0.15) is 0 Å². The maximum absolute atomic E-state index is 12.4. The van der Waals surface area contributed by atoms with E-state index in [0.29, 0.717) is 13.1 Å². The zero-order valence-electron chi connectivity index (χ0n) is 12.1. The van der Waals surface area contributed by atoms with Gasteiger partial charge in [-0.25, -0.2) is 0 Å². The topological polar surface area (TPSA) is 40.5 Å². The Labute approximate surface area is 115 Å². The molecule has 1 aliphatic heterocycles. The normalized spacial score (nSPS) is 24.4. The number of nitrogens with zero attached hydrogens (tertiary/aromatic N) is 1. The van der Waals surface area contributed by atoms with Gasteiger partial charge in [-0.15, -0.1) is 0 Å². The molecule has 1 fully saturated rings. The molecule has 1 aromatic rings. The van der Waals surface area contributed by atoms with Crippen molar-refractivity contribution in [2.45, 2.75) is 39.2 Å². The molecule has 0 amide bonds. The third-order valence-corrected chi connectivity index (χ3v) is 3.81. The fourth-order valence-electron chi connectivity index (χ4n) is 2.78. The van der Waals surface area contributed by atoms with Crippen LogP contribution in [-0.4, -0.2) is 41.0 Å². The minimum Gasteiger partial charge on any atom is -0.389 e. The Morgan fingerprint density at radius 2 is 2.16 bits per heavy atom. The van der Waals surface area contributed by atoms with Gasteiger partial charge in [0, 0.05) is 12.1 Å². The fourth-order valence-corrected chi connectivity index (χ4v) is 2.78. The van der Waals surface area contributed by atoms with E-state index in [4.69, 9.17) is 0 Å². The molecular formula is C16H23NO2. The molecule has 1 saturated heterocycles. The van der Waals surface area contributed by atoms with Crippen LogP contribution in [0.1, 0.15) is 41.3 Å². The number of aliphatic hydroxyl groups is 1. The first-order valence-corrected chi connectivity index (χ1v) is 6.93. The van der Waals surface area contributed by atoms with Gasteiger partial charge >= 0.3 is 0 Å². The summed E-state index contributed by atoms with van der Waals surface area (Å²) in [6, 6.07) is 5.98. The largest absolute Gasteiger partial charge is 0.389 e. The van der Waals surface area contributed by atoms with Crippen molar-refractivity contribution in [2.24, 2.45) is 0 Å². The minimum absolute atomic E-state index is 0.152. The molecule has 104 valence electrons. The Morgan fingerprint density at radius 3 is 2.84 bits per heavy atom. The Bertz CT molecular complexity index is 480. The highest BCUT2D eigenvalue weighted by Crippen LogP contribution is 2.21. The predicted molar refractivity (Wildman–Crippen MR) is 76.5 cm³/mol. The molecule has 0 spiro atoms. The third kappa shape index (κ3) is 3.64. The Morgan fingerprint density at radius 1 is 1.42 bits per heavy atom. The van der Waals surface area contributed by atoms with Crippen molar-refractivity contribution in [3.05, 3.63) is 34.9 Å². The van der Waals surface area contributed by atoms with E-state index in [2.05, 4.69) is 4.90 Å². The number of β-amino-alcohol motifs (C(OH)–C–C–N with tert-alkyl or cyclic N) is 1. The number of rotatable bonds is 3. The molecule has 2 rings (SSSR count). The van der Waals surface area contributed by atoms with E-state index in [0.717, 1.165) is 36.1 Å². The highest BCUT2D eigenvalue weighted by molar-refractivity contribution is 5.99. The van der Waals surface area contributed by atoms with Crippen molar-refractivity contribution in [2.75, 3.05) is 19.6 Å². The molecule has 0 aromatic heterocycles. The average Bonchev–Trinajstić information content (AvgIpc) is 2.31. The van der Waals surface area contributed by atoms with Crippen molar-refractivity contribution < 1.29 is 9.90 Å². The highest BCUT2D eigenvalue weighted by Gasteiger charge is 2.29. The van der Waals surface area contributed by atoms with Gasteiger partial charge in [-0.1, -0.05) is 17.7 Å². The Kier molecular flexibility index (Phi) is 4.07. The number of carbonyl (C=O) groups excluding carboxylic acids is 1. The van der Waals surface area contributed by atoms with E-state index >= 15 is 0 Å². The van der Waals surface area contributed by atoms with Crippen molar-refractivity contribution in [3.63, 3.8) is 0 Å². The smallest absolute Gasteiger partial charge is 0.177 e. The summed E-state index contributed by atoms with van der Waals surface area (Å²) in [5.41, 5.74) is 2.30. The van der Waals surface area contributed by atoms with Crippen LogP contribution in [0.15, 0.2) is 18.2 Å². The van der Waals surface area contributed by atoms with Crippen LogP contribution >= 0.6 is 0 Å². The summed E-state index contributed by atoms with van der Waals surface area (Å²) in [4.78, 5) is 14.4. The van der Waals surface area contributed by atoms with Gasteiger partial charge in [0.2, 0.25) is 0 Å². The average molecular weight is 261 g/mol. The predicted octanol–water partition coefficient (Wildman–Crippen LogP) is 2.33. The number of hydrogen-bond donors (Lipinski definition) is 1. The molecule has 0 radical (unpaired) electrons. The van der Waals surface area contributed by atoms with E-state index in [1.54, 1.807) is 0 Å². The van der Waals surface area contributed by atoms with E-state index in [-0.39, 0.29) is 5.78 Å².